The minimum Gasteiger partial charge on any atom is -0.381 e. The van der Waals surface area contributed by atoms with E-state index in [2.05, 4.69) is 32.1 Å². The Morgan fingerprint density at radius 2 is 1.92 bits per heavy atom. The molecule has 0 bridgehead atoms. The Morgan fingerprint density at radius 3 is 2.50 bits per heavy atom. The van der Waals surface area contributed by atoms with Crippen LogP contribution in [-0.4, -0.2) is 100 Å². The molecule has 0 amide bonds. The lowest BCUT2D eigenvalue weighted by Gasteiger charge is -2.37. The number of likely N-dealkylation sites (tertiary alicyclic amines) is 1. The lowest BCUT2D eigenvalue weighted by molar-refractivity contribution is 0.139. The molecular weight excluding hydrogens is 417 g/mol. The fraction of sp³-hybridized carbons (Fsp3) is 0.941. The molecule has 2 unspecified atom stereocenters. The van der Waals surface area contributed by atoms with E-state index in [-0.39, 0.29) is 24.0 Å². The van der Waals surface area contributed by atoms with E-state index in [1.165, 1.54) is 32.5 Å². The van der Waals surface area contributed by atoms with E-state index in [4.69, 9.17) is 4.74 Å². The van der Waals surface area contributed by atoms with Crippen LogP contribution in [0.15, 0.2) is 4.99 Å². The zero-order valence-corrected chi connectivity index (χ0v) is 17.6. The first-order chi connectivity index (χ1) is 11.2. The van der Waals surface area contributed by atoms with Gasteiger partial charge in [0, 0.05) is 59.5 Å². The molecular formula is C17H34IN5O. The van der Waals surface area contributed by atoms with Crippen molar-refractivity contribution in [1.29, 1.82) is 0 Å². The second-order valence-corrected chi connectivity index (χ2v) is 7.36. The van der Waals surface area contributed by atoms with Crippen molar-refractivity contribution >= 4 is 29.9 Å². The Hall–Kier alpha value is -0.120. The number of ether oxygens (including phenoxy) is 1. The van der Waals surface area contributed by atoms with E-state index >= 15 is 0 Å². The summed E-state index contributed by atoms with van der Waals surface area (Å²) in [6.45, 7) is 11.1. The summed E-state index contributed by atoms with van der Waals surface area (Å²) in [5.74, 6) is 2.60. The maximum Gasteiger partial charge on any atom is 0.193 e. The molecule has 0 spiro atoms. The number of piperazine rings is 1. The van der Waals surface area contributed by atoms with Gasteiger partial charge in [0.25, 0.3) is 0 Å². The number of hydrogen-bond donors (Lipinski definition) is 1. The SMILES string of the molecule is CN=C(NCC1CCN(C)C1)N1CCN(CC2CCOC2)CC1.I. The van der Waals surface area contributed by atoms with Crippen LogP contribution >= 0.6 is 24.0 Å². The molecule has 24 heavy (non-hydrogen) atoms. The number of halogens is 1. The lowest BCUT2D eigenvalue weighted by atomic mass is 10.1. The van der Waals surface area contributed by atoms with Crippen molar-refractivity contribution in [3.8, 4) is 0 Å². The first-order valence-corrected chi connectivity index (χ1v) is 9.19. The van der Waals surface area contributed by atoms with Crippen molar-refractivity contribution in [3.63, 3.8) is 0 Å². The third kappa shape index (κ3) is 5.71. The van der Waals surface area contributed by atoms with Gasteiger partial charge in [-0.25, -0.2) is 0 Å². The van der Waals surface area contributed by atoms with Crippen LogP contribution in [0.4, 0.5) is 0 Å². The molecule has 3 fully saturated rings. The molecule has 2 atom stereocenters. The fourth-order valence-electron chi connectivity index (χ4n) is 4.00. The summed E-state index contributed by atoms with van der Waals surface area (Å²) in [5, 5.41) is 3.60. The number of guanidine groups is 1. The second kappa shape index (κ2) is 10.1. The summed E-state index contributed by atoms with van der Waals surface area (Å²) in [4.78, 5) is 11.9. The monoisotopic (exact) mass is 451 g/mol. The first-order valence-electron chi connectivity index (χ1n) is 9.19. The molecule has 0 aromatic rings. The minimum atomic E-state index is 0. The number of nitrogens with one attached hydrogen (secondary N) is 1. The highest BCUT2D eigenvalue weighted by molar-refractivity contribution is 14.0. The summed E-state index contributed by atoms with van der Waals surface area (Å²) in [6, 6.07) is 0. The summed E-state index contributed by atoms with van der Waals surface area (Å²) >= 11 is 0. The van der Waals surface area contributed by atoms with Crippen molar-refractivity contribution in [1.82, 2.24) is 20.0 Å². The highest BCUT2D eigenvalue weighted by Gasteiger charge is 2.25. The van der Waals surface area contributed by atoms with Crippen LogP contribution in [0.1, 0.15) is 12.8 Å². The molecule has 140 valence electrons. The molecule has 3 aliphatic rings. The van der Waals surface area contributed by atoms with Crippen LogP contribution in [0, 0.1) is 11.8 Å². The number of nitrogens with zero attached hydrogens (tertiary/aromatic N) is 4. The fourth-order valence-corrected chi connectivity index (χ4v) is 4.00. The average molecular weight is 451 g/mol. The Balaban J connectivity index is 0.00000208. The molecule has 3 saturated heterocycles. The highest BCUT2D eigenvalue weighted by Crippen LogP contribution is 2.16. The van der Waals surface area contributed by atoms with Crippen LogP contribution in [-0.2, 0) is 4.74 Å². The Kier molecular flexibility index (Phi) is 8.53. The zero-order valence-electron chi connectivity index (χ0n) is 15.2. The van der Waals surface area contributed by atoms with Crippen molar-refractivity contribution in [2.24, 2.45) is 16.8 Å². The number of hydrogen-bond acceptors (Lipinski definition) is 4. The van der Waals surface area contributed by atoms with E-state index < -0.39 is 0 Å². The smallest absolute Gasteiger partial charge is 0.193 e. The predicted molar refractivity (Wildman–Crippen MR) is 109 cm³/mol. The second-order valence-electron chi connectivity index (χ2n) is 7.36. The van der Waals surface area contributed by atoms with Gasteiger partial charge < -0.3 is 19.9 Å². The Bertz CT molecular complexity index is 394. The Labute approximate surface area is 164 Å². The largest absolute Gasteiger partial charge is 0.381 e. The van der Waals surface area contributed by atoms with Crippen LogP contribution in [0.5, 0.6) is 0 Å². The van der Waals surface area contributed by atoms with Gasteiger partial charge >= 0.3 is 0 Å². The third-order valence-electron chi connectivity index (χ3n) is 5.46. The third-order valence-corrected chi connectivity index (χ3v) is 5.46. The van der Waals surface area contributed by atoms with E-state index in [1.807, 2.05) is 7.05 Å². The molecule has 0 saturated carbocycles. The number of aliphatic imine (C=N–C) groups is 1. The van der Waals surface area contributed by atoms with Crippen molar-refractivity contribution in [3.05, 3.63) is 0 Å². The van der Waals surface area contributed by atoms with E-state index in [1.54, 1.807) is 0 Å². The van der Waals surface area contributed by atoms with Crippen LogP contribution in [0.25, 0.3) is 0 Å². The lowest BCUT2D eigenvalue weighted by Crippen LogP contribution is -2.53. The normalized spacial score (nSPS) is 29.8. The van der Waals surface area contributed by atoms with Gasteiger partial charge in [0.2, 0.25) is 0 Å². The van der Waals surface area contributed by atoms with Gasteiger partial charge in [-0.3, -0.25) is 9.89 Å². The molecule has 0 aliphatic carbocycles. The summed E-state index contributed by atoms with van der Waals surface area (Å²) < 4.78 is 5.49. The molecule has 3 rings (SSSR count). The summed E-state index contributed by atoms with van der Waals surface area (Å²) in [5.41, 5.74) is 0. The number of rotatable bonds is 4. The van der Waals surface area contributed by atoms with Gasteiger partial charge in [0.05, 0.1) is 6.61 Å². The van der Waals surface area contributed by atoms with Crippen LogP contribution in [0.3, 0.4) is 0 Å². The van der Waals surface area contributed by atoms with Gasteiger partial charge in [0.1, 0.15) is 0 Å². The molecule has 7 heteroatoms. The molecule has 3 aliphatic heterocycles. The quantitative estimate of drug-likeness (QED) is 0.389. The molecule has 0 aromatic carbocycles. The zero-order chi connectivity index (χ0) is 16.1. The first kappa shape index (κ1) is 20.2. The van der Waals surface area contributed by atoms with Gasteiger partial charge in [-0.05, 0) is 38.3 Å². The maximum absolute atomic E-state index is 5.49. The molecule has 1 N–H and O–H groups in total. The Morgan fingerprint density at radius 1 is 1.12 bits per heavy atom. The van der Waals surface area contributed by atoms with E-state index in [0.29, 0.717) is 0 Å². The minimum absolute atomic E-state index is 0. The van der Waals surface area contributed by atoms with Crippen molar-refractivity contribution < 1.29 is 4.74 Å². The molecule has 6 nitrogen and oxygen atoms in total. The summed E-state index contributed by atoms with van der Waals surface area (Å²) in [6.07, 6.45) is 2.54. The standard InChI is InChI=1S/C17H33N5O.HI/c1-18-17(19-11-15-3-5-20(2)12-15)22-8-6-21(7-9-22)13-16-4-10-23-14-16;/h15-16H,3-14H2,1-2H3,(H,18,19);1H. The van der Waals surface area contributed by atoms with E-state index in [0.717, 1.165) is 63.7 Å². The maximum atomic E-state index is 5.49. The van der Waals surface area contributed by atoms with Gasteiger partial charge in [-0.15, -0.1) is 24.0 Å². The van der Waals surface area contributed by atoms with Gasteiger partial charge in [-0.2, -0.15) is 0 Å². The van der Waals surface area contributed by atoms with E-state index in [9.17, 15) is 0 Å². The van der Waals surface area contributed by atoms with Crippen LogP contribution < -0.4 is 5.32 Å². The topological polar surface area (TPSA) is 43.3 Å². The predicted octanol–water partition coefficient (Wildman–Crippen LogP) is 0.786. The van der Waals surface area contributed by atoms with Gasteiger partial charge in [0.15, 0.2) is 5.96 Å². The summed E-state index contributed by atoms with van der Waals surface area (Å²) in [7, 11) is 4.12. The molecule has 0 radical (unpaired) electrons. The van der Waals surface area contributed by atoms with Gasteiger partial charge in [-0.1, -0.05) is 0 Å². The van der Waals surface area contributed by atoms with Crippen molar-refractivity contribution in [2.45, 2.75) is 12.8 Å². The molecule has 0 aromatic heterocycles. The molecule has 3 heterocycles. The highest BCUT2D eigenvalue weighted by atomic mass is 127. The van der Waals surface area contributed by atoms with Crippen molar-refractivity contribution in [2.75, 3.05) is 79.7 Å². The average Bonchev–Trinajstić information content (AvgIpc) is 3.21. The van der Waals surface area contributed by atoms with Crippen LogP contribution in [0.2, 0.25) is 0 Å².